The molecule has 2 heterocycles. The van der Waals surface area contributed by atoms with Crippen LogP contribution < -0.4 is 11.2 Å². The topological polar surface area (TPSA) is 98.7 Å². The Balaban J connectivity index is 1.48. The number of carbonyl (C=O) groups excluding carboxylic acids is 1. The molecule has 0 bridgehead atoms. The standard InChI is InChI=1S/C17H18N6OS/c18-23-16(14-7-4-9-19-12-14)21-22-17(23)25-10-8-15(24)20-11-13-5-2-1-3-6-13/h1-7,9,12H,8,10-11,18H2,(H,20,24). The van der Waals surface area contributed by atoms with E-state index in [1.165, 1.54) is 16.4 Å². The average Bonchev–Trinajstić information content (AvgIpc) is 3.02. The lowest BCUT2D eigenvalue weighted by atomic mass is 10.2. The summed E-state index contributed by atoms with van der Waals surface area (Å²) in [6.45, 7) is 0.530. The largest absolute Gasteiger partial charge is 0.352 e. The van der Waals surface area contributed by atoms with E-state index in [1.807, 2.05) is 42.5 Å². The first-order valence-corrected chi connectivity index (χ1v) is 8.77. The van der Waals surface area contributed by atoms with E-state index in [-0.39, 0.29) is 5.91 Å². The van der Waals surface area contributed by atoms with Gasteiger partial charge in [0.2, 0.25) is 11.1 Å². The van der Waals surface area contributed by atoms with Gasteiger partial charge in [-0.2, -0.15) is 0 Å². The van der Waals surface area contributed by atoms with E-state index in [4.69, 9.17) is 5.84 Å². The zero-order valence-corrected chi connectivity index (χ0v) is 14.3. The van der Waals surface area contributed by atoms with E-state index in [9.17, 15) is 4.79 Å². The molecule has 3 N–H and O–H groups in total. The smallest absolute Gasteiger partial charge is 0.221 e. The van der Waals surface area contributed by atoms with Crippen molar-refractivity contribution < 1.29 is 4.79 Å². The predicted octanol–water partition coefficient (Wildman–Crippen LogP) is 1.85. The number of nitrogens with one attached hydrogen (secondary N) is 1. The molecule has 3 rings (SSSR count). The van der Waals surface area contributed by atoms with Gasteiger partial charge in [0.1, 0.15) is 0 Å². The molecular formula is C17H18N6OS. The van der Waals surface area contributed by atoms with E-state index < -0.39 is 0 Å². The third-order valence-corrected chi connectivity index (χ3v) is 4.42. The van der Waals surface area contributed by atoms with Gasteiger partial charge in [-0.25, -0.2) is 4.68 Å². The molecular weight excluding hydrogens is 336 g/mol. The number of thioether (sulfide) groups is 1. The van der Waals surface area contributed by atoms with E-state index in [1.54, 1.807) is 12.4 Å². The minimum absolute atomic E-state index is 0.00748. The molecule has 0 saturated heterocycles. The first-order chi connectivity index (χ1) is 12.2. The van der Waals surface area contributed by atoms with Crippen molar-refractivity contribution in [2.45, 2.75) is 18.1 Å². The van der Waals surface area contributed by atoms with Crippen molar-refractivity contribution in [1.82, 2.24) is 25.2 Å². The van der Waals surface area contributed by atoms with Gasteiger partial charge in [0.05, 0.1) is 0 Å². The molecule has 0 fully saturated rings. The molecule has 0 saturated carbocycles. The van der Waals surface area contributed by atoms with Crippen LogP contribution in [0.2, 0.25) is 0 Å². The lowest BCUT2D eigenvalue weighted by Crippen LogP contribution is -2.23. The Hall–Kier alpha value is -2.87. The van der Waals surface area contributed by atoms with E-state index in [0.29, 0.717) is 29.7 Å². The summed E-state index contributed by atoms with van der Waals surface area (Å²) in [6, 6.07) is 13.5. The molecule has 3 aromatic rings. The van der Waals surface area contributed by atoms with E-state index >= 15 is 0 Å². The number of amides is 1. The van der Waals surface area contributed by atoms with Crippen LogP contribution >= 0.6 is 11.8 Å². The van der Waals surface area contributed by atoms with Crippen molar-refractivity contribution in [1.29, 1.82) is 0 Å². The Morgan fingerprint density at radius 3 is 2.76 bits per heavy atom. The Labute approximate surface area is 149 Å². The first kappa shape index (κ1) is 17.0. The van der Waals surface area contributed by atoms with Crippen molar-refractivity contribution in [2.75, 3.05) is 11.6 Å². The number of nitrogen functional groups attached to an aromatic ring is 1. The van der Waals surface area contributed by atoms with Crippen molar-refractivity contribution >= 4 is 17.7 Å². The maximum absolute atomic E-state index is 11.9. The highest BCUT2D eigenvalue weighted by Crippen LogP contribution is 2.21. The van der Waals surface area contributed by atoms with Crippen LogP contribution in [0.1, 0.15) is 12.0 Å². The normalized spacial score (nSPS) is 10.6. The second kappa shape index (κ2) is 8.29. The van der Waals surface area contributed by atoms with Crippen LogP contribution in [0.5, 0.6) is 0 Å². The van der Waals surface area contributed by atoms with Crippen LogP contribution in [-0.2, 0) is 11.3 Å². The lowest BCUT2D eigenvalue weighted by Gasteiger charge is -2.05. The molecule has 25 heavy (non-hydrogen) atoms. The van der Waals surface area contributed by atoms with Gasteiger partial charge in [0.25, 0.3) is 0 Å². The second-order valence-corrected chi connectivity index (χ2v) is 6.34. The number of rotatable bonds is 7. The number of hydrogen-bond donors (Lipinski definition) is 2. The number of benzene rings is 1. The summed E-state index contributed by atoms with van der Waals surface area (Å²) >= 11 is 1.40. The summed E-state index contributed by atoms with van der Waals surface area (Å²) in [7, 11) is 0. The third kappa shape index (κ3) is 4.57. The highest BCUT2D eigenvalue weighted by Gasteiger charge is 2.12. The van der Waals surface area contributed by atoms with Crippen molar-refractivity contribution in [3.8, 4) is 11.4 Å². The molecule has 128 valence electrons. The fraction of sp³-hybridized carbons (Fsp3) is 0.176. The van der Waals surface area contributed by atoms with Crippen LogP contribution in [0.3, 0.4) is 0 Å². The monoisotopic (exact) mass is 354 g/mol. The van der Waals surface area contributed by atoms with Gasteiger partial charge in [-0.3, -0.25) is 9.78 Å². The summed E-state index contributed by atoms with van der Waals surface area (Å²) < 4.78 is 1.42. The molecule has 8 heteroatoms. The molecule has 0 aliphatic rings. The van der Waals surface area contributed by atoms with Gasteiger partial charge in [-0.15, -0.1) is 10.2 Å². The lowest BCUT2D eigenvalue weighted by molar-refractivity contribution is -0.120. The van der Waals surface area contributed by atoms with Gasteiger partial charge >= 0.3 is 0 Å². The van der Waals surface area contributed by atoms with Crippen molar-refractivity contribution in [3.63, 3.8) is 0 Å². The van der Waals surface area contributed by atoms with Crippen molar-refractivity contribution in [3.05, 3.63) is 60.4 Å². The number of aromatic nitrogens is 4. The zero-order chi connectivity index (χ0) is 17.5. The minimum atomic E-state index is -0.00748. The van der Waals surface area contributed by atoms with E-state index in [0.717, 1.165) is 11.1 Å². The Bertz CT molecular complexity index is 822. The Kier molecular flexibility index (Phi) is 5.63. The maximum atomic E-state index is 11.9. The molecule has 0 aliphatic heterocycles. The predicted molar refractivity (Wildman–Crippen MR) is 97.0 cm³/mol. The number of hydrogen-bond acceptors (Lipinski definition) is 6. The SMILES string of the molecule is Nn1c(SCCC(=O)NCc2ccccc2)nnc1-c1cccnc1. The summed E-state index contributed by atoms with van der Waals surface area (Å²) in [4.78, 5) is 16.0. The second-order valence-electron chi connectivity index (χ2n) is 5.28. The van der Waals surface area contributed by atoms with Crippen LogP contribution in [0.25, 0.3) is 11.4 Å². The van der Waals surface area contributed by atoms with Gasteiger partial charge in [0, 0.05) is 36.7 Å². The van der Waals surface area contributed by atoms with Crippen LogP contribution in [0, 0.1) is 0 Å². The number of nitrogens with two attached hydrogens (primary N) is 1. The zero-order valence-electron chi connectivity index (χ0n) is 13.5. The summed E-state index contributed by atoms with van der Waals surface area (Å²) in [5.41, 5.74) is 1.87. The molecule has 0 unspecified atom stereocenters. The fourth-order valence-corrected chi connectivity index (χ4v) is 2.98. The molecule has 1 amide bonds. The average molecular weight is 354 g/mol. The van der Waals surface area contributed by atoms with Crippen LogP contribution in [0.4, 0.5) is 0 Å². The van der Waals surface area contributed by atoms with Gasteiger partial charge in [0.15, 0.2) is 5.82 Å². The quantitative estimate of drug-likeness (QED) is 0.496. The summed E-state index contributed by atoms with van der Waals surface area (Å²) in [6.07, 6.45) is 3.75. The molecule has 0 aliphatic carbocycles. The van der Waals surface area contributed by atoms with Gasteiger partial charge in [-0.1, -0.05) is 42.1 Å². The van der Waals surface area contributed by atoms with Gasteiger partial charge < -0.3 is 11.2 Å². The molecule has 0 radical (unpaired) electrons. The Morgan fingerprint density at radius 2 is 2.00 bits per heavy atom. The van der Waals surface area contributed by atoms with Crippen molar-refractivity contribution in [2.24, 2.45) is 0 Å². The highest BCUT2D eigenvalue weighted by molar-refractivity contribution is 7.99. The molecule has 0 atom stereocenters. The molecule has 7 nitrogen and oxygen atoms in total. The number of pyridine rings is 1. The highest BCUT2D eigenvalue weighted by atomic mass is 32.2. The summed E-state index contributed by atoms with van der Waals surface area (Å²) in [5.74, 6) is 7.14. The van der Waals surface area contributed by atoms with Gasteiger partial charge in [-0.05, 0) is 17.7 Å². The molecule has 2 aromatic heterocycles. The maximum Gasteiger partial charge on any atom is 0.221 e. The first-order valence-electron chi connectivity index (χ1n) is 7.78. The fourth-order valence-electron chi connectivity index (χ4n) is 2.19. The van der Waals surface area contributed by atoms with E-state index in [2.05, 4.69) is 20.5 Å². The number of carbonyl (C=O) groups is 1. The third-order valence-electron chi connectivity index (χ3n) is 3.48. The molecule has 0 spiro atoms. The number of nitrogens with zero attached hydrogens (tertiary/aromatic N) is 4. The minimum Gasteiger partial charge on any atom is -0.352 e. The van der Waals surface area contributed by atoms with Crippen LogP contribution in [-0.4, -0.2) is 31.5 Å². The summed E-state index contributed by atoms with van der Waals surface area (Å²) in [5, 5.41) is 11.6. The molecule has 1 aromatic carbocycles. The Morgan fingerprint density at radius 1 is 1.16 bits per heavy atom. The van der Waals surface area contributed by atoms with Crippen LogP contribution in [0.15, 0.2) is 60.0 Å².